The third kappa shape index (κ3) is 4.88. The number of carbonyl (C=O) groups is 2. The van der Waals surface area contributed by atoms with Crippen LogP contribution in [-0.4, -0.2) is 26.6 Å². The van der Waals surface area contributed by atoms with Gasteiger partial charge >= 0.3 is 0 Å². The number of aromatic nitrogens is 3. The Kier molecular flexibility index (Phi) is 6.28. The number of carbonyl (C=O) groups excluding carboxylic acids is 2. The van der Waals surface area contributed by atoms with E-state index < -0.39 is 6.04 Å². The summed E-state index contributed by atoms with van der Waals surface area (Å²) >= 11 is 12.2. The maximum atomic E-state index is 12.3. The highest BCUT2D eigenvalue weighted by atomic mass is 35.5. The van der Waals surface area contributed by atoms with Gasteiger partial charge in [-0.15, -0.1) is 0 Å². The molecule has 9 heteroatoms. The maximum absolute atomic E-state index is 12.3. The molecule has 0 aliphatic heterocycles. The molecule has 0 saturated carbocycles. The van der Waals surface area contributed by atoms with Crippen LogP contribution in [0, 0.1) is 0 Å². The van der Waals surface area contributed by atoms with Crippen LogP contribution in [0.1, 0.15) is 18.5 Å². The van der Waals surface area contributed by atoms with E-state index in [0.717, 1.165) is 0 Å². The fourth-order valence-electron chi connectivity index (χ4n) is 2.49. The molecule has 0 aliphatic carbocycles. The van der Waals surface area contributed by atoms with E-state index in [9.17, 15) is 9.59 Å². The Bertz CT molecular complexity index is 954. The molecule has 1 unspecified atom stereocenters. The van der Waals surface area contributed by atoms with Crippen molar-refractivity contribution in [3.05, 3.63) is 70.7 Å². The van der Waals surface area contributed by atoms with Crippen LogP contribution >= 0.6 is 23.2 Å². The van der Waals surface area contributed by atoms with E-state index in [0.29, 0.717) is 27.0 Å². The van der Waals surface area contributed by atoms with Gasteiger partial charge in [-0.3, -0.25) is 9.59 Å². The van der Waals surface area contributed by atoms with Gasteiger partial charge in [-0.25, -0.2) is 9.67 Å². The number of amides is 2. The number of anilines is 2. The van der Waals surface area contributed by atoms with Crippen molar-refractivity contribution in [3.63, 3.8) is 0 Å². The molecule has 0 saturated heterocycles. The molecule has 0 spiro atoms. The Hall–Kier alpha value is -2.90. The van der Waals surface area contributed by atoms with Gasteiger partial charge in [-0.1, -0.05) is 29.3 Å². The largest absolute Gasteiger partial charge is 0.326 e. The Labute approximate surface area is 171 Å². The lowest BCUT2D eigenvalue weighted by Gasteiger charge is -2.13. The fourth-order valence-corrected chi connectivity index (χ4v) is 3.02. The first-order valence-corrected chi connectivity index (χ1v) is 9.17. The zero-order chi connectivity index (χ0) is 20.1. The van der Waals surface area contributed by atoms with Gasteiger partial charge in [0.15, 0.2) is 0 Å². The van der Waals surface area contributed by atoms with Gasteiger partial charge < -0.3 is 10.6 Å². The van der Waals surface area contributed by atoms with Crippen molar-refractivity contribution in [2.24, 2.45) is 0 Å². The molecule has 144 valence electrons. The van der Waals surface area contributed by atoms with E-state index in [-0.39, 0.29) is 18.2 Å². The zero-order valence-electron chi connectivity index (χ0n) is 14.9. The molecule has 3 rings (SSSR count). The maximum Gasteiger partial charge on any atom is 0.249 e. The molecule has 3 aromatic rings. The summed E-state index contributed by atoms with van der Waals surface area (Å²) in [7, 11) is 0. The van der Waals surface area contributed by atoms with Gasteiger partial charge in [0.05, 0.1) is 6.42 Å². The van der Waals surface area contributed by atoms with Crippen LogP contribution in [0.5, 0.6) is 0 Å². The van der Waals surface area contributed by atoms with E-state index in [2.05, 4.69) is 20.7 Å². The quantitative estimate of drug-likeness (QED) is 0.634. The van der Waals surface area contributed by atoms with Crippen LogP contribution in [0.15, 0.2) is 55.1 Å². The predicted octanol–water partition coefficient (Wildman–Crippen LogP) is 3.97. The van der Waals surface area contributed by atoms with Gasteiger partial charge in [0, 0.05) is 21.4 Å². The van der Waals surface area contributed by atoms with E-state index in [1.165, 1.54) is 17.3 Å². The number of halogens is 2. The third-order valence-corrected chi connectivity index (χ3v) is 4.76. The molecule has 2 N–H and O–H groups in total. The number of benzene rings is 2. The van der Waals surface area contributed by atoms with Crippen LogP contribution in [0.25, 0.3) is 0 Å². The number of hydrogen-bond acceptors (Lipinski definition) is 4. The molecule has 0 aliphatic rings. The summed E-state index contributed by atoms with van der Waals surface area (Å²) in [5, 5.41) is 10.4. The second kappa shape index (κ2) is 8.86. The molecule has 0 fully saturated rings. The lowest BCUT2D eigenvalue weighted by Crippen LogP contribution is -2.24. The predicted molar refractivity (Wildman–Crippen MR) is 109 cm³/mol. The van der Waals surface area contributed by atoms with E-state index in [1.807, 2.05) is 0 Å². The monoisotopic (exact) mass is 417 g/mol. The lowest BCUT2D eigenvalue weighted by atomic mass is 10.1. The minimum Gasteiger partial charge on any atom is -0.326 e. The molecule has 1 heterocycles. The first-order valence-electron chi connectivity index (χ1n) is 8.42. The molecule has 2 amide bonds. The topological polar surface area (TPSA) is 88.9 Å². The summed E-state index contributed by atoms with van der Waals surface area (Å²) in [5.74, 6) is -0.470. The summed E-state index contributed by atoms with van der Waals surface area (Å²) in [4.78, 5) is 28.3. The zero-order valence-corrected chi connectivity index (χ0v) is 16.4. The molecule has 2 aromatic carbocycles. The average Bonchev–Trinajstić information content (AvgIpc) is 3.20. The van der Waals surface area contributed by atoms with Crippen molar-refractivity contribution in [2.75, 3.05) is 10.6 Å². The van der Waals surface area contributed by atoms with Gasteiger partial charge in [-0.05, 0) is 48.9 Å². The van der Waals surface area contributed by atoms with Gasteiger partial charge in [0.1, 0.15) is 18.7 Å². The molecule has 0 bridgehead atoms. The first kappa shape index (κ1) is 19.9. The average molecular weight is 418 g/mol. The highest BCUT2D eigenvalue weighted by Gasteiger charge is 2.15. The summed E-state index contributed by atoms with van der Waals surface area (Å²) in [6.07, 6.45) is 2.91. The van der Waals surface area contributed by atoms with E-state index in [1.54, 1.807) is 49.4 Å². The highest BCUT2D eigenvalue weighted by molar-refractivity contribution is 6.36. The normalized spacial score (nSPS) is 11.7. The SMILES string of the molecule is CC(C(=O)Nc1ccc(NC(=O)Cc2c(Cl)cccc2Cl)cc1)n1cncn1. The smallest absolute Gasteiger partial charge is 0.249 e. The molecule has 7 nitrogen and oxygen atoms in total. The Morgan fingerprint density at radius 2 is 1.64 bits per heavy atom. The highest BCUT2D eigenvalue weighted by Crippen LogP contribution is 2.25. The molecule has 1 atom stereocenters. The molecule has 0 radical (unpaired) electrons. The molecular formula is C19H17Cl2N5O2. The summed E-state index contributed by atoms with van der Waals surface area (Å²) in [6, 6.07) is 11.4. The van der Waals surface area contributed by atoms with Gasteiger partial charge in [0.2, 0.25) is 11.8 Å². The fraction of sp³-hybridized carbons (Fsp3) is 0.158. The van der Waals surface area contributed by atoms with Gasteiger partial charge in [0.25, 0.3) is 0 Å². The van der Waals surface area contributed by atoms with Crippen LogP contribution in [-0.2, 0) is 16.0 Å². The van der Waals surface area contributed by atoms with Crippen molar-refractivity contribution in [3.8, 4) is 0 Å². The van der Waals surface area contributed by atoms with E-state index >= 15 is 0 Å². The first-order chi connectivity index (χ1) is 13.4. The van der Waals surface area contributed by atoms with Crippen LogP contribution in [0.3, 0.4) is 0 Å². The Morgan fingerprint density at radius 1 is 1.04 bits per heavy atom. The van der Waals surface area contributed by atoms with E-state index in [4.69, 9.17) is 23.2 Å². The number of rotatable bonds is 6. The van der Waals surface area contributed by atoms with Crippen LogP contribution in [0.2, 0.25) is 10.0 Å². The standard InChI is InChI=1S/C19H17Cl2N5O2/c1-12(26-11-22-10-23-26)19(28)25-14-7-5-13(6-8-14)24-18(27)9-15-16(20)3-2-4-17(15)21/h2-8,10-12H,9H2,1H3,(H,24,27)(H,25,28). The van der Waals surface area contributed by atoms with Crippen molar-refractivity contribution >= 4 is 46.4 Å². The van der Waals surface area contributed by atoms with Crippen LogP contribution in [0.4, 0.5) is 11.4 Å². The van der Waals surface area contributed by atoms with Gasteiger partial charge in [-0.2, -0.15) is 5.10 Å². The molecule has 1 aromatic heterocycles. The summed E-state index contributed by atoms with van der Waals surface area (Å²) in [6.45, 7) is 1.72. The van der Waals surface area contributed by atoms with Crippen LogP contribution < -0.4 is 10.6 Å². The second-order valence-electron chi connectivity index (χ2n) is 6.04. The number of nitrogens with zero attached hydrogens (tertiary/aromatic N) is 3. The number of nitrogens with one attached hydrogen (secondary N) is 2. The Balaban J connectivity index is 1.58. The number of hydrogen-bond donors (Lipinski definition) is 2. The third-order valence-electron chi connectivity index (χ3n) is 4.05. The van der Waals surface area contributed by atoms with Crippen molar-refractivity contribution in [1.82, 2.24) is 14.8 Å². The minimum atomic E-state index is -0.498. The van der Waals surface area contributed by atoms with Crippen molar-refractivity contribution < 1.29 is 9.59 Å². The summed E-state index contributed by atoms with van der Waals surface area (Å²) < 4.78 is 1.46. The second-order valence-corrected chi connectivity index (χ2v) is 6.86. The van der Waals surface area contributed by atoms with Crippen molar-refractivity contribution in [2.45, 2.75) is 19.4 Å². The lowest BCUT2D eigenvalue weighted by molar-refractivity contribution is -0.119. The Morgan fingerprint density at radius 3 is 2.21 bits per heavy atom. The van der Waals surface area contributed by atoms with Crippen molar-refractivity contribution in [1.29, 1.82) is 0 Å². The minimum absolute atomic E-state index is 0.0619. The molecule has 28 heavy (non-hydrogen) atoms. The summed E-state index contributed by atoms with van der Waals surface area (Å²) in [5.41, 5.74) is 1.77. The molecular weight excluding hydrogens is 401 g/mol.